The lowest BCUT2D eigenvalue weighted by Gasteiger charge is -2.04. The maximum Gasteiger partial charge on any atom is 0.337 e. The van der Waals surface area contributed by atoms with Crippen LogP contribution in [-0.4, -0.2) is 35.1 Å². The van der Waals surface area contributed by atoms with Gasteiger partial charge in [0.2, 0.25) is 0 Å². The van der Waals surface area contributed by atoms with Gasteiger partial charge in [0.1, 0.15) is 0 Å². The Hall–Kier alpha value is -1.84. The Morgan fingerprint density at radius 3 is 2.86 bits per heavy atom. The number of carbonyl (C=O) groups is 1. The Kier molecular flexibility index (Phi) is 3.23. The molecule has 1 heterocycles. The molecule has 74 valence electrons. The van der Waals surface area contributed by atoms with Crippen LogP contribution in [0.15, 0.2) is 24.7 Å². The lowest BCUT2D eigenvalue weighted by molar-refractivity contribution is 0.0696. The SMILES string of the molecule is CN(C)/C=C/c1ccncc1C(=O)O. The fourth-order valence-electron chi connectivity index (χ4n) is 0.959. The normalized spacial score (nSPS) is 10.4. The van der Waals surface area contributed by atoms with Crippen molar-refractivity contribution in [1.29, 1.82) is 0 Å². The van der Waals surface area contributed by atoms with Crippen molar-refractivity contribution in [1.82, 2.24) is 9.88 Å². The van der Waals surface area contributed by atoms with E-state index in [1.165, 1.54) is 6.20 Å². The number of pyridine rings is 1. The minimum atomic E-state index is -0.962. The van der Waals surface area contributed by atoms with Crippen molar-refractivity contribution in [2.24, 2.45) is 0 Å². The Balaban J connectivity index is 3.02. The number of hydrogen-bond donors (Lipinski definition) is 1. The van der Waals surface area contributed by atoms with Crippen molar-refractivity contribution in [3.63, 3.8) is 0 Å². The number of carboxylic acid groups (broad SMARTS) is 1. The molecular weight excluding hydrogens is 180 g/mol. The van der Waals surface area contributed by atoms with E-state index in [2.05, 4.69) is 4.98 Å². The van der Waals surface area contributed by atoms with Gasteiger partial charge in [-0.05, 0) is 23.9 Å². The maximum absolute atomic E-state index is 10.8. The third-order valence-electron chi connectivity index (χ3n) is 1.64. The van der Waals surface area contributed by atoms with Crippen LogP contribution in [0.3, 0.4) is 0 Å². The van der Waals surface area contributed by atoms with Crippen molar-refractivity contribution in [3.8, 4) is 0 Å². The monoisotopic (exact) mass is 192 g/mol. The zero-order chi connectivity index (χ0) is 10.6. The van der Waals surface area contributed by atoms with Crippen LogP contribution in [0.4, 0.5) is 0 Å². The number of aromatic carboxylic acids is 1. The van der Waals surface area contributed by atoms with E-state index < -0.39 is 5.97 Å². The molecule has 0 aromatic carbocycles. The van der Waals surface area contributed by atoms with Gasteiger partial charge in [0.15, 0.2) is 0 Å². The average molecular weight is 192 g/mol. The van der Waals surface area contributed by atoms with E-state index in [9.17, 15) is 4.79 Å². The molecule has 0 aliphatic carbocycles. The highest BCUT2D eigenvalue weighted by molar-refractivity contribution is 5.91. The molecule has 1 aromatic rings. The van der Waals surface area contributed by atoms with E-state index in [1.54, 1.807) is 24.5 Å². The van der Waals surface area contributed by atoms with Gasteiger partial charge >= 0.3 is 5.97 Å². The summed E-state index contributed by atoms with van der Waals surface area (Å²) in [6.45, 7) is 0. The van der Waals surface area contributed by atoms with E-state index >= 15 is 0 Å². The zero-order valence-electron chi connectivity index (χ0n) is 8.14. The molecule has 0 atom stereocenters. The first-order valence-electron chi connectivity index (χ1n) is 4.13. The molecule has 0 spiro atoms. The highest BCUT2D eigenvalue weighted by atomic mass is 16.4. The van der Waals surface area contributed by atoms with Gasteiger partial charge in [0.25, 0.3) is 0 Å². The third-order valence-corrected chi connectivity index (χ3v) is 1.64. The summed E-state index contributed by atoms with van der Waals surface area (Å²) >= 11 is 0. The zero-order valence-corrected chi connectivity index (χ0v) is 8.14. The van der Waals surface area contributed by atoms with Gasteiger partial charge in [-0.2, -0.15) is 0 Å². The smallest absolute Gasteiger partial charge is 0.337 e. The quantitative estimate of drug-likeness (QED) is 0.784. The van der Waals surface area contributed by atoms with Gasteiger partial charge in [-0.1, -0.05) is 0 Å². The number of nitrogens with zero attached hydrogens (tertiary/aromatic N) is 2. The predicted molar refractivity (Wildman–Crippen MR) is 53.9 cm³/mol. The largest absolute Gasteiger partial charge is 0.478 e. The molecular formula is C10H12N2O2. The van der Waals surface area contributed by atoms with Gasteiger partial charge < -0.3 is 10.0 Å². The first kappa shape index (κ1) is 10.2. The van der Waals surface area contributed by atoms with E-state index in [0.29, 0.717) is 5.56 Å². The molecule has 0 saturated heterocycles. The molecule has 0 fully saturated rings. The fraction of sp³-hybridized carbons (Fsp3) is 0.200. The van der Waals surface area contributed by atoms with Crippen molar-refractivity contribution in [3.05, 3.63) is 35.8 Å². The van der Waals surface area contributed by atoms with E-state index in [1.807, 2.05) is 19.0 Å². The van der Waals surface area contributed by atoms with Crippen LogP contribution in [0.5, 0.6) is 0 Å². The lowest BCUT2D eigenvalue weighted by Crippen LogP contribution is -2.02. The van der Waals surface area contributed by atoms with Crippen LogP contribution in [0.1, 0.15) is 15.9 Å². The van der Waals surface area contributed by atoms with Crippen LogP contribution < -0.4 is 0 Å². The van der Waals surface area contributed by atoms with E-state index in [-0.39, 0.29) is 5.56 Å². The second kappa shape index (κ2) is 4.41. The van der Waals surface area contributed by atoms with Gasteiger partial charge in [0, 0.05) is 26.5 Å². The predicted octanol–water partition coefficient (Wildman–Crippen LogP) is 1.31. The van der Waals surface area contributed by atoms with Crippen LogP contribution in [0.25, 0.3) is 6.08 Å². The molecule has 0 bridgehead atoms. The van der Waals surface area contributed by atoms with Crippen LogP contribution in [0, 0.1) is 0 Å². The third kappa shape index (κ3) is 2.58. The molecule has 1 N–H and O–H groups in total. The van der Waals surface area contributed by atoms with Gasteiger partial charge in [-0.25, -0.2) is 4.79 Å². The Morgan fingerprint density at radius 2 is 2.29 bits per heavy atom. The second-order valence-electron chi connectivity index (χ2n) is 3.05. The summed E-state index contributed by atoms with van der Waals surface area (Å²) in [5.74, 6) is -0.962. The molecule has 0 radical (unpaired) electrons. The summed E-state index contributed by atoms with van der Waals surface area (Å²) in [5.41, 5.74) is 0.867. The summed E-state index contributed by atoms with van der Waals surface area (Å²) in [5, 5.41) is 8.84. The van der Waals surface area contributed by atoms with Crippen molar-refractivity contribution in [2.45, 2.75) is 0 Å². The molecule has 0 aliphatic rings. The standard InChI is InChI=1S/C10H12N2O2/c1-12(2)6-4-8-3-5-11-7-9(8)10(13)14/h3-7H,1-2H3,(H,13,14)/b6-4+. The molecule has 1 aromatic heterocycles. The number of rotatable bonds is 3. The first-order chi connectivity index (χ1) is 6.61. The van der Waals surface area contributed by atoms with Crippen molar-refractivity contribution >= 4 is 12.0 Å². The lowest BCUT2D eigenvalue weighted by atomic mass is 10.1. The Morgan fingerprint density at radius 1 is 1.57 bits per heavy atom. The minimum absolute atomic E-state index is 0.214. The van der Waals surface area contributed by atoms with Crippen molar-refractivity contribution in [2.75, 3.05) is 14.1 Å². The molecule has 0 aliphatic heterocycles. The van der Waals surface area contributed by atoms with Gasteiger partial charge in [-0.3, -0.25) is 4.98 Å². The summed E-state index contributed by atoms with van der Waals surface area (Å²) in [6.07, 6.45) is 6.45. The minimum Gasteiger partial charge on any atom is -0.478 e. The average Bonchev–Trinajstić information content (AvgIpc) is 2.15. The molecule has 0 amide bonds. The molecule has 4 nitrogen and oxygen atoms in total. The fourth-order valence-corrected chi connectivity index (χ4v) is 0.959. The number of carboxylic acids is 1. The van der Waals surface area contributed by atoms with E-state index in [4.69, 9.17) is 5.11 Å². The summed E-state index contributed by atoms with van der Waals surface area (Å²) in [4.78, 5) is 16.4. The molecule has 0 saturated carbocycles. The highest BCUT2D eigenvalue weighted by Gasteiger charge is 2.06. The highest BCUT2D eigenvalue weighted by Crippen LogP contribution is 2.08. The number of hydrogen-bond acceptors (Lipinski definition) is 3. The molecule has 0 unspecified atom stereocenters. The maximum atomic E-state index is 10.8. The molecule has 4 heteroatoms. The van der Waals surface area contributed by atoms with Gasteiger partial charge in [0.05, 0.1) is 5.56 Å². The van der Waals surface area contributed by atoms with Crippen molar-refractivity contribution < 1.29 is 9.90 Å². The second-order valence-corrected chi connectivity index (χ2v) is 3.05. The van der Waals surface area contributed by atoms with Gasteiger partial charge in [-0.15, -0.1) is 0 Å². The Bertz CT molecular complexity index is 359. The van der Waals surface area contributed by atoms with Crippen LogP contribution in [-0.2, 0) is 0 Å². The first-order valence-corrected chi connectivity index (χ1v) is 4.13. The topological polar surface area (TPSA) is 53.4 Å². The molecule has 1 rings (SSSR count). The molecule has 14 heavy (non-hydrogen) atoms. The summed E-state index contributed by atoms with van der Waals surface area (Å²) in [6, 6.07) is 1.67. The summed E-state index contributed by atoms with van der Waals surface area (Å²) < 4.78 is 0. The number of aromatic nitrogens is 1. The van der Waals surface area contributed by atoms with Crippen LogP contribution in [0.2, 0.25) is 0 Å². The Labute approximate surface area is 82.5 Å². The summed E-state index contributed by atoms with van der Waals surface area (Å²) in [7, 11) is 3.75. The van der Waals surface area contributed by atoms with Crippen LogP contribution >= 0.6 is 0 Å². The van der Waals surface area contributed by atoms with E-state index in [0.717, 1.165) is 0 Å².